The lowest BCUT2D eigenvalue weighted by Crippen LogP contribution is -1.76. The van der Waals surface area contributed by atoms with Gasteiger partial charge in [-0.2, -0.15) is 0 Å². The Labute approximate surface area is 53.4 Å². The number of nitrogens with zero attached hydrogens (tertiary/aromatic N) is 1. The first kappa shape index (κ1) is 5.38. The predicted octanol–water partition coefficient (Wildman–Crippen LogP) is 1.23. The second kappa shape index (κ2) is 2.52. The van der Waals surface area contributed by atoms with Crippen LogP contribution in [0.4, 0.5) is 0 Å². The molecule has 8 heavy (non-hydrogen) atoms. The van der Waals surface area contributed by atoms with E-state index in [0.29, 0.717) is 0 Å². The van der Waals surface area contributed by atoms with Gasteiger partial charge in [-0.25, -0.2) is 0 Å². The summed E-state index contributed by atoms with van der Waals surface area (Å²) in [6.45, 7) is 0. The van der Waals surface area contributed by atoms with Crippen LogP contribution >= 0.6 is 12.2 Å². The smallest absolute Gasteiger partial charge is 0.0886 e. The van der Waals surface area contributed by atoms with E-state index >= 15 is 0 Å². The third-order valence-corrected chi connectivity index (χ3v) is 1.05. The van der Waals surface area contributed by atoms with Crippen molar-refractivity contribution in [2.75, 3.05) is 0 Å². The van der Waals surface area contributed by atoms with E-state index in [2.05, 4.69) is 23.4 Å². The van der Waals surface area contributed by atoms with E-state index < -0.39 is 0 Å². The van der Waals surface area contributed by atoms with E-state index in [1.807, 2.05) is 6.07 Å². The van der Waals surface area contributed by atoms with Crippen LogP contribution in [0.3, 0.4) is 0 Å². The summed E-state index contributed by atoms with van der Waals surface area (Å²) in [5.41, 5.74) is 0.957. The summed E-state index contributed by atoms with van der Waals surface area (Å²) in [4.78, 5) is 3.73. The summed E-state index contributed by atoms with van der Waals surface area (Å²) < 4.78 is 0. The highest BCUT2D eigenvalue weighted by atomic mass is 32.1. The van der Waals surface area contributed by atoms with Crippen molar-refractivity contribution in [3.05, 3.63) is 30.1 Å². The van der Waals surface area contributed by atoms with Gasteiger partial charge in [0.2, 0.25) is 0 Å². The molecule has 0 N–H and O–H groups in total. The third-order valence-electron chi connectivity index (χ3n) is 0.775. The van der Waals surface area contributed by atoms with Crippen molar-refractivity contribution in [1.82, 2.24) is 4.98 Å². The first-order chi connectivity index (χ1) is 3.93. The Morgan fingerprint density at radius 1 is 1.75 bits per heavy atom. The molecule has 1 rings (SSSR count). The number of hydrogen-bond donors (Lipinski definition) is 0. The van der Waals surface area contributed by atoms with Gasteiger partial charge in [0, 0.05) is 17.1 Å². The predicted molar refractivity (Wildman–Crippen MR) is 35.8 cm³/mol. The molecule has 1 radical (unpaired) electrons. The molecule has 0 amide bonds. The van der Waals surface area contributed by atoms with Gasteiger partial charge < -0.3 is 0 Å². The quantitative estimate of drug-likeness (QED) is 0.519. The fraction of sp³-hybridized carbons (Fsp3) is 0. The van der Waals surface area contributed by atoms with Crippen LogP contribution in [0.1, 0.15) is 5.56 Å². The topological polar surface area (TPSA) is 12.9 Å². The molecule has 0 bridgehead atoms. The van der Waals surface area contributed by atoms with Gasteiger partial charge >= 0.3 is 0 Å². The zero-order chi connectivity index (χ0) is 5.82. The molecule has 39 valence electrons. The largest absolute Gasteiger partial charge is 0.254 e. The van der Waals surface area contributed by atoms with Crippen LogP contribution in [-0.4, -0.2) is 10.4 Å². The Morgan fingerprint density at radius 3 is 3.00 bits per heavy atom. The number of pyridine rings is 1. The maximum absolute atomic E-state index is 4.64. The van der Waals surface area contributed by atoms with Gasteiger partial charge in [0.25, 0.3) is 0 Å². The summed E-state index contributed by atoms with van der Waals surface area (Å²) in [6, 6.07) is 3.60. The lowest BCUT2D eigenvalue weighted by atomic mass is 10.3. The zero-order valence-corrected chi connectivity index (χ0v) is 4.98. The molecule has 0 saturated carbocycles. The molecule has 1 aromatic heterocycles. The molecule has 0 saturated heterocycles. The molecule has 1 aromatic rings. The van der Waals surface area contributed by atoms with E-state index in [1.165, 1.54) is 0 Å². The summed E-state index contributed by atoms with van der Waals surface area (Å²) in [5.74, 6) is 0. The van der Waals surface area contributed by atoms with Crippen LogP contribution in [0.5, 0.6) is 0 Å². The minimum Gasteiger partial charge on any atom is -0.254 e. The van der Waals surface area contributed by atoms with Gasteiger partial charge in [-0.15, -0.1) is 0 Å². The van der Waals surface area contributed by atoms with Gasteiger partial charge in [0.15, 0.2) is 0 Å². The molecular formula is C6H4NS. The highest BCUT2D eigenvalue weighted by Crippen LogP contribution is 1.88. The maximum Gasteiger partial charge on any atom is 0.0886 e. The fourth-order valence-electron chi connectivity index (χ4n) is 0.401. The first-order valence-electron chi connectivity index (χ1n) is 2.21. The van der Waals surface area contributed by atoms with Crippen LogP contribution in [0.25, 0.3) is 0 Å². The Balaban J connectivity index is 2.99. The summed E-state index contributed by atoms with van der Waals surface area (Å²) >= 11 is 4.64. The molecule has 1 heterocycles. The molecule has 0 atom stereocenters. The van der Waals surface area contributed by atoms with Gasteiger partial charge in [-0.05, 0) is 6.07 Å². The normalized spacial score (nSPS) is 8.50. The van der Waals surface area contributed by atoms with Crippen molar-refractivity contribution in [1.29, 1.82) is 0 Å². The van der Waals surface area contributed by atoms with Crippen LogP contribution in [0, 0.1) is 6.20 Å². The van der Waals surface area contributed by atoms with E-state index in [-0.39, 0.29) is 0 Å². The molecule has 1 nitrogen and oxygen atoms in total. The van der Waals surface area contributed by atoms with Crippen LogP contribution in [-0.2, 0) is 0 Å². The minimum absolute atomic E-state index is 0.957. The molecule has 0 aliphatic heterocycles. The lowest BCUT2D eigenvalue weighted by Gasteiger charge is -1.82. The monoisotopic (exact) mass is 122 g/mol. The average Bonchev–Trinajstić information content (AvgIpc) is 1.90. The fourth-order valence-corrected chi connectivity index (χ4v) is 0.541. The van der Waals surface area contributed by atoms with Gasteiger partial charge in [-0.1, -0.05) is 18.3 Å². The Hall–Kier alpha value is -0.760. The van der Waals surface area contributed by atoms with Crippen molar-refractivity contribution in [2.24, 2.45) is 0 Å². The van der Waals surface area contributed by atoms with Gasteiger partial charge in [-0.3, -0.25) is 4.98 Å². The number of aromatic nitrogens is 1. The van der Waals surface area contributed by atoms with Gasteiger partial charge in [0.05, 0.1) is 6.20 Å². The van der Waals surface area contributed by atoms with Gasteiger partial charge in [0.1, 0.15) is 0 Å². The van der Waals surface area contributed by atoms with E-state index in [1.54, 1.807) is 17.6 Å². The highest BCUT2D eigenvalue weighted by molar-refractivity contribution is 7.79. The van der Waals surface area contributed by atoms with Crippen molar-refractivity contribution in [3.8, 4) is 0 Å². The Kier molecular flexibility index (Phi) is 1.70. The average molecular weight is 122 g/mol. The number of thiocarbonyl (C=S) groups is 1. The van der Waals surface area contributed by atoms with Crippen molar-refractivity contribution >= 4 is 17.6 Å². The Bertz CT molecular complexity index is 171. The second-order valence-electron chi connectivity index (χ2n) is 1.34. The molecule has 0 unspecified atom stereocenters. The van der Waals surface area contributed by atoms with Crippen LogP contribution < -0.4 is 0 Å². The standard InChI is InChI=1S/C6H4NS/c8-5-6-2-1-3-7-4-6/h1-2,4-5H. The first-order valence-corrected chi connectivity index (χ1v) is 2.68. The van der Waals surface area contributed by atoms with E-state index in [4.69, 9.17) is 0 Å². The van der Waals surface area contributed by atoms with Crippen molar-refractivity contribution in [2.45, 2.75) is 0 Å². The third kappa shape index (κ3) is 1.10. The molecule has 0 fully saturated rings. The van der Waals surface area contributed by atoms with Crippen LogP contribution in [0.2, 0.25) is 0 Å². The minimum atomic E-state index is 0.957. The highest BCUT2D eigenvalue weighted by Gasteiger charge is 1.79. The summed E-state index contributed by atoms with van der Waals surface area (Å²) in [7, 11) is 0. The SMILES string of the molecule is S=Cc1cc[c]nc1. The number of hydrogen-bond acceptors (Lipinski definition) is 2. The molecule has 0 spiro atoms. The molecule has 0 aromatic carbocycles. The van der Waals surface area contributed by atoms with E-state index in [9.17, 15) is 0 Å². The second-order valence-corrected chi connectivity index (χ2v) is 1.57. The molecule has 2 heteroatoms. The zero-order valence-electron chi connectivity index (χ0n) is 4.16. The Morgan fingerprint density at radius 2 is 2.62 bits per heavy atom. The summed E-state index contributed by atoms with van der Waals surface area (Å²) in [5, 5.41) is 1.58. The van der Waals surface area contributed by atoms with Crippen LogP contribution in [0.15, 0.2) is 18.3 Å². The molecular weight excluding hydrogens is 118 g/mol. The summed E-state index contributed by atoms with van der Waals surface area (Å²) in [6.07, 6.45) is 4.32. The van der Waals surface area contributed by atoms with E-state index in [0.717, 1.165) is 5.56 Å². The number of rotatable bonds is 1. The molecule has 0 aliphatic carbocycles. The van der Waals surface area contributed by atoms with Crippen molar-refractivity contribution < 1.29 is 0 Å². The molecule has 0 aliphatic rings. The van der Waals surface area contributed by atoms with Crippen molar-refractivity contribution in [3.63, 3.8) is 0 Å². The lowest BCUT2D eigenvalue weighted by molar-refractivity contribution is 1.31. The maximum atomic E-state index is 4.64.